The molecule has 9 heteroatoms. The third-order valence-corrected chi connectivity index (χ3v) is 5.64. The lowest BCUT2D eigenvalue weighted by molar-refractivity contribution is -0.136. The van der Waals surface area contributed by atoms with Crippen LogP contribution in [0.15, 0.2) is 17.5 Å². The van der Waals surface area contributed by atoms with E-state index in [4.69, 9.17) is 4.74 Å². The number of nitrogens with one attached hydrogen (secondary N) is 1. The van der Waals surface area contributed by atoms with Crippen LogP contribution in [0.5, 0.6) is 0 Å². The SMILES string of the molecule is Cc1nc(-c2cccs2)sc1C(=O)O[C@H](C)C(=O)N1CCNC1=O. The number of rotatable bonds is 4. The Labute approximate surface area is 146 Å². The fourth-order valence-electron chi connectivity index (χ4n) is 2.26. The molecule has 0 aliphatic carbocycles. The van der Waals surface area contributed by atoms with E-state index in [-0.39, 0.29) is 6.54 Å². The summed E-state index contributed by atoms with van der Waals surface area (Å²) in [7, 11) is 0. The zero-order valence-corrected chi connectivity index (χ0v) is 14.7. The van der Waals surface area contributed by atoms with Crippen LogP contribution in [0.3, 0.4) is 0 Å². The van der Waals surface area contributed by atoms with Crippen LogP contribution in [0.4, 0.5) is 4.79 Å². The van der Waals surface area contributed by atoms with Gasteiger partial charge in [-0.25, -0.2) is 14.6 Å². The molecule has 0 saturated carbocycles. The molecule has 0 bridgehead atoms. The predicted molar refractivity (Wildman–Crippen MR) is 90.2 cm³/mol. The molecule has 0 unspecified atom stereocenters. The highest BCUT2D eigenvalue weighted by molar-refractivity contribution is 7.22. The van der Waals surface area contributed by atoms with E-state index < -0.39 is 24.0 Å². The first kappa shape index (κ1) is 16.6. The average molecular weight is 365 g/mol. The maximum Gasteiger partial charge on any atom is 0.351 e. The topological polar surface area (TPSA) is 88.6 Å². The number of aromatic nitrogens is 1. The largest absolute Gasteiger partial charge is 0.448 e. The van der Waals surface area contributed by atoms with Crippen molar-refractivity contribution < 1.29 is 19.1 Å². The number of nitrogens with zero attached hydrogens (tertiary/aromatic N) is 2. The second kappa shape index (κ2) is 6.70. The molecule has 3 amide bonds. The summed E-state index contributed by atoms with van der Waals surface area (Å²) in [6.07, 6.45) is -1.03. The van der Waals surface area contributed by atoms with Gasteiger partial charge in [0, 0.05) is 13.1 Å². The Kier molecular flexibility index (Phi) is 4.63. The lowest BCUT2D eigenvalue weighted by Crippen LogP contribution is -2.41. The summed E-state index contributed by atoms with van der Waals surface area (Å²) in [6.45, 7) is 3.87. The lowest BCUT2D eigenvalue weighted by atomic mass is 10.3. The average Bonchev–Trinajstić information content (AvgIpc) is 3.26. The van der Waals surface area contributed by atoms with Crippen molar-refractivity contribution in [2.45, 2.75) is 20.0 Å². The number of ether oxygens (including phenoxy) is 1. The van der Waals surface area contributed by atoms with Crippen molar-refractivity contribution in [2.75, 3.05) is 13.1 Å². The van der Waals surface area contributed by atoms with Crippen molar-refractivity contribution in [2.24, 2.45) is 0 Å². The molecule has 24 heavy (non-hydrogen) atoms. The third-order valence-electron chi connectivity index (χ3n) is 3.47. The van der Waals surface area contributed by atoms with Crippen molar-refractivity contribution in [3.05, 3.63) is 28.1 Å². The van der Waals surface area contributed by atoms with Crippen molar-refractivity contribution in [3.63, 3.8) is 0 Å². The minimum absolute atomic E-state index is 0.279. The van der Waals surface area contributed by atoms with Crippen LogP contribution < -0.4 is 5.32 Å². The van der Waals surface area contributed by atoms with Gasteiger partial charge in [0.15, 0.2) is 6.10 Å². The standard InChI is InChI=1S/C15H15N3O4S2/c1-8-11(24-12(17-8)10-4-3-7-23-10)14(20)22-9(2)13(19)18-6-5-16-15(18)21/h3-4,7,9H,5-6H2,1-2H3,(H,16,21)/t9-/m1/s1. The van der Waals surface area contributed by atoms with Crippen molar-refractivity contribution >= 4 is 40.6 Å². The van der Waals surface area contributed by atoms with Gasteiger partial charge in [-0.15, -0.1) is 22.7 Å². The molecule has 2 aromatic heterocycles. The molecule has 1 aliphatic heterocycles. The Bertz CT molecular complexity index is 785. The van der Waals surface area contributed by atoms with Gasteiger partial charge in [0.25, 0.3) is 5.91 Å². The van der Waals surface area contributed by atoms with E-state index in [9.17, 15) is 14.4 Å². The fraction of sp³-hybridized carbons (Fsp3) is 0.333. The van der Waals surface area contributed by atoms with Crippen LogP contribution in [0.25, 0.3) is 9.88 Å². The number of thiophene rings is 1. The molecule has 1 fully saturated rings. The molecule has 0 aromatic carbocycles. The van der Waals surface area contributed by atoms with Crippen molar-refractivity contribution in [1.82, 2.24) is 15.2 Å². The molecule has 0 radical (unpaired) electrons. The minimum Gasteiger partial charge on any atom is -0.448 e. The molecule has 126 valence electrons. The zero-order chi connectivity index (χ0) is 17.3. The van der Waals surface area contributed by atoms with Gasteiger partial charge in [0.1, 0.15) is 9.88 Å². The van der Waals surface area contributed by atoms with E-state index in [0.717, 1.165) is 14.8 Å². The molecule has 3 heterocycles. The summed E-state index contributed by atoms with van der Waals surface area (Å²) in [4.78, 5) is 42.8. The second-order valence-electron chi connectivity index (χ2n) is 5.18. The predicted octanol–water partition coefficient (Wildman–Crippen LogP) is 2.28. The van der Waals surface area contributed by atoms with Crippen LogP contribution in [-0.4, -0.2) is 47.0 Å². The Morgan fingerprint density at radius 1 is 1.46 bits per heavy atom. The summed E-state index contributed by atoms with van der Waals surface area (Å²) in [6, 6.07) is 3.38. The van der Waals surface area contributed by atoms with Crippen LogP contribution in [-0.2, 0) is 9.53 Å². The number of imide groups is 1. The molecule has 3 rings (SSSR count). The zero-order valence-electron chi connectivity index (χ0n) is 13.1. The molecule has 2 aromatic rings. The summed E-state index contributed by atoms with van der Waals surface area (Å²) >= 11 is 2.77. The summed E-state index contributed by atoms with van der Waals surface area (Å²) < 4.78 is 5.23. The van der Waals surface area contributed by atoms with E-state index in [1.807, 2.05) is 17.5 Å². The van der Waals surface area contributed by atoms with Gasteiger partial charge in [0.05, 0.1) is 10.6 Å². The smallest absolute Gasteiger partial charge is 0.351 e. The highest BCUT2D eigenvalue weighted by Gasteiger charge is 2.32. The maximum atomic E-state index is 12.3. The number of amides is 3. The van der Waals surface area contributed by atoms with Crippen LogP contribution in [0.1, 0.15) is 22.3 Å². The van der Waals surface area contributed by atoms with Gasteiger partial charge in [-0.05, 0) is 25.3 Å². The molecular weight excluding hydrogens is 350 g/mol. The van der Waals surface area contributed by atoms with E-state index in [2.05, 4.69) is 10.3 Å². The number of esters is 1. The molecule has 7 nitrogen and oxygen atoms in total. The van der Waals surface area contributed by atoms with E-state index in [1.54, 1.807) is 6.92 Å². The minimum atomic E-state index is -1.03. The van der Waals surface area contributed by atoms with Crippen molar-refractivity contribution in [3.8, 4) is 9.88 Å². The van der Waals surface area contributed by atoms with Gasteiger partial charge in [0.2, 0.25) is 0 Å². The van der Waals surface area contributed by atoms with Crippen LogP contribution in [0.2, 0.25) is 0 Å². The Balaban J connectivity index is 1.70. The fourth-order valence-corrected chi connectivity index (χ4v) is 4.00. The van der Waals surface area contributed by atoms with Gasteiger partial charge in [-0.1, -0.05) is 6.07 Å². The highest BCUT2D eigenvalue weighted by atomic mass is 32.1. The van der Waals surface area contributed by atoms with Gasteiger partial charge < -0.3 is 10.1 Å². The van der Waals surface area contributed by atoms with Crippen LogP contribution in [0, 0.1) is 6.92 Å². The van der Waals surface area contributed by atoms with Crippen LogP contribution >= 0.6 is 22.7 Å². The first-order valence-corrected chi connectivity index (χ1v) is 8.98. The van der Waals surface area contributed by atoms with Gasteiger partial charge >= 0.3 is 12.0 Å². The summed E-state index contributed by atoms with van der Waals surface area (Å²) in [5, 5.41) is 5.22. The molecule has 1 aliphatic rings. The first-order valence-electron chi connectivity index (χ1n) is 7.29. The van der Waals surface area contributed by atoms with Crippen molar-refractivity contribution in [1.29, 1.82) is 0 Å². The van der Waals surface area contributed by atoms with E-state index >= 15 is 0 Å². The molecule has 0 spiro atoms. The number of hydrogen-bond acceptors (Lipinski definition) is 7. The number of hydrogen-bond donors (Lipinski definition) is 1. The molecule has 1 N–H and O–H groups in total. The number of urea groups is 1. The highest BCUT2D eigenvalue weighted by Crippen LogP contribution is 2.31. The normalized spacial score (nSPS) is 15.2. The molecule has 1 saturated heterocycles. The summed E-state index contributed by atoms with van der Waals surface area (Å²) in [5.41, 5.74) is 0.562. The number of aryl methyl sites for hydroxylation is 1. The Hall–Kier alpha value is -2.26. The number of thiazole rings is 1. The number of carbonyl (C=O) groups excluding carboxylic acids is 3. The second-order valence-corrected chi connectivity index (χ2v) is 7.13. The Morgan fingerprint density at radius 3 is 2.88 bits per heavy atom. The lowest BCUT2D eigenvalue weighted by Gasteiger charge is -2.17. The monoisotopic (exact) mass is 365 g/mol. The first-order chi connectivity index (χ1) is 11.5. The Morgan fingerprint density at radius 2 is 2.25 bits per heavy atom. The molecular formula is C15H15N3O4S2. The van der Waals surface area contributed by atoms with Gasteiger partial charge in [-0.3, -0.25) is 9.69 Å². The van der Waals surface area contributed by atoms with Gasteiger partial charge in [-0.2, -0.15) is 0 Å². The maximum absolute atomic E-state index is 12.3. The third kappa shape index (κ3) is 3.17. The van der Waals surface area contributed by atoms with E-state index in [0.29, 0.717) is 17.1 Å². The number of carbonyl (C=O) groups is 3. The van der Waals surface area contributed by atoms with E-state index in [1.165, 1.54) is 29.6 Å². The summed E-state index contributed by atoms with van der Waals surface area (Å²) in [5.74, 6) is -1.13. The molecule has 1 atom stereocenters. The quantitative estimate of drug-likeness (QED) is 0.840.